The van der Waals surface area contributed by atoms with Gasteiger partial charge in [0.25, 0.3) is 5.91 Å². The Morgan fingerprint density at radius 2 is 1.95 bits per heavy atom. The molecule has 1 aromatic carbocycles. The van der Waals surface area contributed by atoms with Gasteiger partial charge >= 0.3 is 6.18 Å². The van der Waals surface area contributed by atoms with E-state index < -0.39 is 17.8 Å². The van der Waals surface area contributed by atoms with Gasteiger partial charge in [-0.15, -0.1) is 0 Å². The van der Waals surface area contributed by atoms with Crippen LogP contribution in [0, 0.1) is 3.57 Å². The fourth-order valence-corrected chi connectivity index (χ4v) is 2.16. The molecule has 0 aliphatic heterocycles. The van der Waals surface area contributed by atoms with Crippen molar-refractivity contribution < 1.29 is 18.0 Å². The number of primary amides is 1. The summed E-state index contributed by atoms with van der Waals surface area (Å²) in [5, 5.41) is 2.69. The minimum atomic E-state index is -4.60. The summed E-state index contributed by atoms with van der Waals surface area (Å²) < 4.78 is 39.0. The molecule has 0 unspecified atom stereocenters. The van der Waals surface area contributed by atoms with Crippen LogP contribution in [0.4, 0.5) is 24.7 Å². The average Bonchev–Trinajstić information content (AvgIpc) is 2.37. The summed E-state index contributed by atoms with van der Waals surface area (Å²) >= 11 is 2.06. The van der Waals surface area contributed by atoms with Crippen molar-refractivity contribution in [3.63, 3.8) is 0 Å². The van der Waals surface area contributed by atoms with Crippen molar-refractivity contribution in [1.82, 2.24) is 4.98 Å². The molecule has 0 atom stereocenters. The van der Waals surface area contributed by atoms with Crippen LogP contribution in [0.25, 0.3) is 0 Å². The van der Waals surface area contributed by atoms with E-state index >= 15 is 0 Å². The van der Waals surface area contributed by atoms with Crippen molar-refractivity contribution in [1.29, 1.82) is 0 Å². The van der Waals surface area contributed by atoms with Crippen molar-refractivity contribution in [3.8, 4) is 0 Å². The number of rotatable bonds is 3. The number of aromatic nitrogens is 1. The lowest BCUT2D eigenvalue weighted by molar-refractivity contribution is -0.141. The molecule has 0 saturated carbocycles. The first-order chi connectivity index (χ1) is 9.77. The topological polar surface area (TPSA) is 68.0 Å². The number of amides is 1. The Morgan fingerprint density at radius 1 is 1.24 bits per heavy atom. The van der Waals surface area contributed by atoms with Gasteiger partial charge in [0.15, 0.2) is 0 Å². The summed E-state index contributed by atoms with van der Waals surface area (Å²) in [6.45, 7) is 0. The van der Waals surface area contributed by atoms with Crippen LogP contribution in [0.2, 0.25) is 0 Å². The molecular formula is C13H9F3IN3O. The molecule has 2 rings (SSSR count). The number of hydrogen-bond donors (Lipinski definition) is 2. The minimum Gasteiger partial charge on any atom is -0.365 e. The fraction of sp³-hybridized carbons (Fsp3) is 0.0769. The number of anilines is 2. The van der Waals surface area contributed by atoms with Gasteiger partial charge in [-0.25, -0.2) is 4.98 Å². The summed E-state index contributed by atoms with van der Waals surface area (Å²) in [6, 6.07) is 8.62. The maximum Gasteiger partial charge on any atom is 0.433 e. The predicted molar refractivity (Wildman–Crippen MR) is 80.2 cm³/mol. The maximum atomic E-state index is 12.7. The van der Waals surface area contributed by atoms with E-state index in [-0.39, 0.29) is 11.4 Å². The van der Waals surface area contributed by atoms with E-state index in [0.717, 1.165) is 15.7 Å². The van der Waals surface area contributed by atoms with Crippen LogP contribution in [-0.4, -0.2) is 10.9 Å². The molecular weight excluding hydrogens is 398 g/mol. The predicted octanol–water partition coefficient (Wildman–Crippen LogP) is 3.55. The molecule has 1 aromatic heterocycles. The number of halogens is 4. The van der Waals surface area contributed by atoms with Gasteiger partial charge in [0, 0.05) is 9.26 Å². The first-order valence-corrected chi connectivity index (χ1v) is 6.76. The second-order valence-electron chi connectivity index (χ2n) is 4.09. The van der Waals surface area contributed by atoms with Gasteiger partial charge in [-0.05, 0) is 52.9 Å². The molecule has 8 heteroatoms. The number of carbonyl (C=O) groups excluding carboxylic acids is 1. The van der Waals surface area contributed by atoms with Gasteiger partial charge in [-0.3, -0.25) is 4.79 Å². The van der Waals surface area contributed by atoms with Gasteiger partial charge in [0.1, 0.15) is 11.5 Å². The number of pyridine rings is 1. The average molecular weight is 407 g/mol. The van der Waals surface area contributed by atoms with Gasteiger partial charge in [-0.2, -0.15) is 13.2 Å². The standard InChI is InChI=1S/C13H9F3IN3O/c14-13(15,16)10-5-4-9(11(18)21)12(20-10)19-8-3-1-2-7(17)6-8/h1-6H,(H2,18,21)(H,19,20). The number of hydrogen-bond acceptors (Lipinski definition) is 3. The molecule has 0 fully saturated rings. The van der Waals surface area contributed by atoms with E-state index in [9.17, 15) is 18.0 Å². The Hall–Kier alpha value is -1.84. The second-order valence-corrected chi connectivity index (χ2v) is 5.34. The van der Waals surface area contributed by atoms with Gasteiger partial charge in [0.05, 0.1) is 5.56 Å². The lowest BCUT2D eigenvalue weighted by Crippen LogP contribution is -2.17. The van der Waals surface area contributed by atoms with E-state index in [2.05, 4.69) is 32.9 Å². The Balaban J connectivity index is 2.46. The van der Waals surface area contributed by atoms with E-state index in [1.807, 2.05) is 6.07 Å². The van der Waals surface area contributed by atoms with E-state index in [1.54, 1.807) is 18.2 Å². The third kappa shape index (κ3) is 3.84. The van der Waals surface area contributed by atoms with Crippen LogP contribution in [0.3, 0.4) is 0 Å². The van der Waals surface area contributed by atoms with Gasteiger partial charge < -0.3 is 11.1 Å². The summed E-state index contributed by atoms with van der Waals surface area (Å²) in [4.78, 5) is 14.8. The molecule has 0 saturated heterocycles. The van der Waals surface area contributed by atoms with Gasteiger partial charge in [-0.1, -0.05) is 6.07 Å². The van der Waals surface area contributed by atoms with Gasteiger partial charge in [0.2, 0.25) is 0 Å². The third-order valence-corrected chi connectivity index (χ3v) is 3.21. The number of benzene rings is 1. The summed E-state index contributed by atoms with van der Waals surface area (Å²) in [5.41, 5.74) is 4.46. The molecule has 3 N–H and O–H groups in total. The van der Waals surface area contributed by atoms with E-state index in [4.69, 9.17) is 5.73 Å². The van der Waals surface area contributed by atoms with Crippen molar-refractivity contribution in [2.45, 2.75) is 6.18 Å². The SMILES string of the molecule is NC(=O)c1ccc(C(F)(F)F)nc1Nc1cccc(I)c1. The molecule has 21 heavy (non-hydrogen) atoms. The minimum absolute atomic E-state index is 0.109. The lowest BCUT2D eigenvalue weighted by Gasteiger charge is -2.12. The molecule has 0 aliphatic carbocycles. The molecule has 0 radical (unpaired) electrons. The van der Waals surface area contributed by atoms with Crippen molar-refractivity contribution in [2.24, 2.45) is 5.73 Å². The second kappa shape index (κ2) is 5.88. The number of alkyl halides is 3. The molecule has 1 heterocycles. The Kier molecular flexibility index (Phi) is 4.35. The van der Waals surface area contributed by atoms with Crippen LogP contribution in [0.1, 0.15) is 16.1 Å². The molecule has 0 aliphatic rings. The van der Waals surface area contributed by atoms with Crippen molar-refractivity contribution in [3.05, 3.63) is 51.2 Å². The van der Waals surface area contributed by atoms with Crippen molar-refractivity contribution >= 4 is 40.0 Å². The Morgan fingerprint density at radius 3 is 2.52 bits per heavy atom. The zero-order valence-electron chi connectivity index (χ0n) is 10.4. The monoisotopic (exact) mass is 407 g/mol. The van der Waals surface area contributed by atoms with Crippen LogP contribution in [-0.2, 0) is 6.18 Å². The van der Waals surface area contributed by atoms with E-state index in [0.29, 0.717) is 5.69 Å². The zero-order valence-corrected chi connectivity index (χ0v) is 12.6. The summed E-state index contributed by atoms with van der Waals surface area (Å²) in [6.07, 6.45) is -4.60. The summed E-state index contributed by atoms with van der Waals surface area (Å²) in [7, 11) is 0. The largest absolute Gasteiger partial charge is 0.433 e. The zero-order chi connectivity index (χ0) is 15.6. The Labute approximate surface area is 131 Å². The highest BCUT2D eigenvalue weighted by molar-refractivity contribution is 14.1. The lowest BCUT2D eigenvalue weighted by atomic mass is 10.2. The third-order valence-electron chi connectivity index (χ3n) is 2.54. The number of nitrogens with zero attached hydrogens (tertiary/aromatic N) is 1. The number of nitrogens with two attached hydrogens (primary N) is 1. The van der Waals surface area contributed by atoms with Crippen LogP contribution in [0.5, 0.6) is 0 Å². The first kappa shape index (κ1) is 15.5. The molecule has 0 bridgehead atoms. The normalized spacial score (nSPS) is 11.2. The highest BCUT2D eigenvalue weighted by atomic mass is 127. The Bertz CT molecular complexity index is 689. The molecule has 0 spiro atoms. The fourth-order valence-electron chi connectivity index (χ4n) is 1.61. The van der Waals surface area contributed by atoms with Crippen molar-refractivity contribution in [2.75, 3.05) is 5.32 Å². The molecule has 110 valence electrons. The first-order valence-electron chi connectivity index (χ1n) is 5.68. The summed E-state index contributed by atoms with van der Waals surface area (Å²) in [5.74, 6) is -1.08. The molecule has 2 aromatic rings. The smallest absolute Gasteiger partial charge is 0.365 e. The number of nitrogens with one attached hydrogen (secondary N) is 1. The van der Waals surface area contributed by atoms with E-state index in [1.165, 1.54) is 0 Å². The maximum absolute atomic E-state index is 12.7. The van der Waals surface area contributed by atoms with Crippen LogP contribution >= 0.6 is 22.6 Å². The molecule has 4 nitrogen and oxygen atoms in total. The molecule has 1 amide bonds. The number of carbonyl (C=O) groups is 1. The highest BCUT2D eigenvalue weighted by Crippen LogP contribution is 2.30. The quantitative estimate of drug-likeness (QED) is 0.765. The highest BCUT2D eigenvalue weighted by Gasteiger charge is 2.33. The van der Waals surface area contributed by atoms with Crippen LogP contribution in [0.15, 0.2) is 36.4 Å². The van der Waals surface area contributed by atoms with Crippen LogP contribution < -0.4 is 11.1 Å².